The number of carbonyl (C=O) groups is 2. The van der Waals surface area contributed by atoms with E-state index in [2.05, 4.69) is 5.32 Å². The first-order valence-electron chi connectivity index (χ1n) is 7.30. The Labute approximate surface area is 119 Å². The minimum atomic E-state index is -0.273. The molecule has 0 unspecified atom stereocenters. The molecule has 0 bridgehead atoms. The highest BCUT2D eigenvalue weighted by atomic mass is 16.5. The average molecular weight is 275 g/mol. The molecule has 108 valence electrons. The zero-order valence-electron chi connectivity index (χ0n) is 11.9. The fourth-order valence-electron chi connectivity index (χ4n) is 2.34. The predicted molar refractivity (Wildman–Crippen MR) is 77.7 cm³/mol. The summed E-state index contributed by atoms with van der Waals surface area (Å²) in [6.45, 7) is 1.80. The Morgan fingerprint density at radius 3 is 2.40 bits per heavy atom. The van der Waals surface area contributed by atoms with Gasteiger partial charge in [0.15, 0.2) is 0 Å². The van der Waals surface area contributed by atoms with Crippen molar-refractivity contribution in [1.29, 1.82) is 0 Å². The first-order chi connectivity index (χ1) is 9.69. The van der Waals surface area contributed by atoms with Gasteiger partial charge in [0.25, 0.3) is 0 Å². The van der Waals surface area contributed by atoms with Crippen molar-refractivity contribution in [3.63, 3.8) is 0 Å². The summed E-state index contributed by atoms with van der Waals surface area (Å²) in [5, 5.41) is 2.75. The molecule has 1 fully saturated rings. The van der Waals surface area contributed by atoms with Gasteiger partial charge >= 0.3 is 5.97 Å². The molecular formula is C16H21NO3. The summed E-state index contributed by atoms with van der Waals surface area (Å²) in [5.74, 6) is -0.312. The minimum absolute atomic E-state index is 0.0393. The highest BCUT2D eigenvalue weighted by Crippen LogP contribution is 2.21. The molecule has 1 saturated carbocycles. The normalized spacial score (nSPS) is 15.7. The average Bonchev–Trinajstić information content (AvgIpc) is 2.49. The Hall–Kier alpha value is -1.84. The van der Waals surface area contributed by atoms with Gasteiger partial charge in [-0.3, -0.25) is 4.79 Å². The summed E-state index contributed by atoms with van der Waals surface area (Å²) < 4.78 is 5.49. The summed E-state index contributed by atoms with van der Waals surface area (Å²) in [4.78, 5) is 23.3. The molecule has 0 radical (unpaired) electrons. The van der Waals surface area contributed by atoms with Crippen LogP contribution in [0.2, 0.25) is 0 Å². The molecule has 1 aromatic carbocycles. The van der Waals surface area contributed by atoms with Crippen LogP contribution in [0.4, 0.5) is 5.69 Å². The molecule has 0 saturated heterocycles. The lowest BCUT2D eigenvalue weighted by Gasteiger charge is -2.21. The Balaban J connectivity index is 1.91. The molecule has 0 heterocycles. The Kier molecular flexibility index (Phi) is 5.16. The zero-order chi connectivity index (χ0) is 14.4. The van der Waals surface area contributed by atoms with Crippen molar-refractivity contribution < 1.29 is 14.3 Å². The van der Waals surface area contributed by atoms with Crippen molar-refractivity contribution in [2.75, 3.05) is 5.32 Å². The van der Waals surface area contributed by atoms with Crippen LogP contribution in [0.5, 0.6) is 0 Å². The van der Waals surface area contributed by atoms with E-state index in [1.807, 2.05) is 0 Å². The maximum atomic E-state index is 12.0. The molecule has 1 amide bonds. The van der Waals surface area contributed by atoms with Crippen LogP contribution in [0, 0.1) is 0 Å². The number of hydrogen-bond acceptors (Lipinski definition) is 3. The lowest BCUT2D eigenvalue weighted by molar-refractivity contribution is -0.115. The van der Waals surface area contributed by atoms with Gasteiger partial charge in [-0.05, 0) is 49.9 Å². The van der Waals surface area contributed by atoms with Crippen molar-refractivity contribution in [2.24, 2.45) is 0 Å². The van der Waals surface area contributed by atoms with E-state index in [0.29, 0.717) is 17.7 Å². The topological polar surface area (TPSA) is 55.4 Å². The van der Waals surface area contributed by atoms with Gasteiger partial charge in [-0.2, -0.15) is 0 Å². The summed E-state index contributed by atoms with van der Waals surface area (Å²) in [5.41, 5.74) is 1.23. The second-order valence-corrected chi connectivity index (χ2v) is 5.14. The number of anilines is 1. The second-order valence-electron chi connectivity index (χ2n) is 5.14. The number of carbonyl (C=O) groups excluding carboxylic acids is 2. The lowest BCUT2D eigenvalue weighted by atomic mass is 9.98. The van der Waals surface area contributed by atoms with Gasteiger partial charge in [-0.25, -0.2) is 4.79 Å². The van der Waals surface area contributed by atoms with Crippen LogP contribution in [0.15, 0.2) is 24.3 Å². The molecule has 20 heavy (non-hydrogen) atoms. The third-order valence-electron chi connectivity index (χ3n) is 3.55. The van der Waals surface area contributed by atoms with Gasteiger partial charge in [-0.1, -0.05) is 13.3 Å². The number of amides is 1. The van der Waals surface area contributed by atoms with Crippen LogP contribution >= 0.6 is 0 Å². The lowest BCUT2D eigenvalue weighted by Crippen LogP contribution is -2.20. The molecule has 0 spiro atoms. The quantitative estimate of drug-likeness (QED) is 0.855. The van der Waals surface area contributed by atoms with Crippen molar-refractivity contribution in [2.45, 2.75) is 51.6 Å². The first-order valence-corrected chi connectivity index (χ1v) is 7.30. The van der Waals surface area contributed by atoms with Crippen LogP contribution in [0.3, 0.4) is 0 Å². The Morgan fingerprint density at radius 1 is 1.15 bits per heavy atom. The Morgan fingerprint density at radius 2 is 1.80 bits per heavy atom. The number of nitrogens with one attached hydrogen (secondary N) is 1. The first kappa shape index (κ1) is 14.6. The molecule has 0 atom stereocenters. The van der Waals surface area contributed by atoms with Crippen LogP contribution < -0.4 is 5.32 Å². The molecule has 0 aromatic heterocycles. The van der Waals surface area contributed by atoms with Crippen LogP contribution in [-0.2, 0) is 9.53 Å². The third kappa shape index (κ3) is 4.08. The van der Waals surface area contributed by atoms with E-state index >= 15 is 0 Å². The van der Waals surface area contributed by atoms with Crippen LogP contribution in [0.1, 0.15) is 55.8 Å². The SMILES string of the molecule is CCC(=O)Nc1ccc(C(=O)OC2CCCCC2)cc1. The van der Waals surface area contributed by atoms with Crippen LogP contribution in [-0.4, -0.2) is 18.0 Å². The number of ether oxygens (including phenoxy) is 1. The summed E-state index contributed by atoms with van der Waals surface area (Å²) in [6, 6.07) is 6.84. The summed E-state index contributed by atoms with van der Waals surface area (Å²) >= 11 is 0. The summed E-state index contributed by atoms with van der Waals surface area (Å²) in [6.07, 6.45) is 5.95. The maximum Gasteiger partial charge on any atom is 0.338 e. The van der Waals surface area contributed by atoms with Gasteiger partial charge in [0.05, 0.1) is 5.56 Å². The molecule has 1 aromatic rings. The smallest absolute Gasteiger partial charge is 0.338 e. The van der Waals surface area contributed by atoms with Crippen LogP contribution in [0.25, 0.3) is 0 Å². The molecular weight excluding hydrogens is 254 g/mol. The number of hydrogen-bond donors (Lipinski definition) is 1. The highest BCUT2D eigenvalue weighted by molar-refractivity contribution is 5.92. The number of benzene rings is 1. The standard InChI is InChI=1S/C16H21NO3/c1-2-15(18)17-13-10-8-12(9-11-13)16(19)20-14-6-4-3-5-7-14/h8-11,14H,2-7H2,1H3,(H,17,18). The van der Waals surface area contributed by atoms with E-state index in [4.69, 9.17) is 4.74 Å². The van der Waals surface area contributed by atoms with E-state index < -0.39 is 0 Å². The zero-order valence-corrected chi connectivity index (χ0v) is 11.9. The van der Waals surface area contributed by atoms with Crippen molar-refractivity contribution in [3.05, 3.63) is 29.8 Å². The fourth-order valence-corrected chi connectivity index (χ4v) is 2.34. The highest BCUT2D eigenvalue weighted by Gasteiger charge is 2.18. The Bertz CT molecular complexity index is 461. The fraction of sp³-hybridized carbons (Fsp3) is 0.500. The van der Waals surface area contributed by atoms with Gasteiger partial charge in [0, 0.05) is 12.1 Å². The third-order valence-corrected chi connectivity index (χ3v) is 3.55. The van der Waals surface area contributed by atoms with Crippen molar-refractivity contribution >= 4 is 17.6 Å². The van der Waals surface area contributed by atoms with E-state index in [0.717, 1.165) is 25.7 Å². The molecule has 4 heteroatoms. The number of rotatable bonds is 4. The van der Waals surface area contributed by atoms with E-state index in [9.17, 15) is 9.59 Å². The van der Waals surface area contributed by atoms with E-state index in [1.165, 1.54) is 6.42 Å². The largest absolute Gasteiger partial charge is 0.459 e. The van der Waals surface area contributed by atoms with E-state index in [1.54, 1.807) is 31.2 Å². The molecule has 1 aliphatic rings. The van der Waals surface area contributed by atoms with Gasteiger partial charge < -0.3 is 10.1 Å². The van der Waals surface area contributed by atoms with Crippen molar-refractivity contribution in [3.8, 4) is 0 Å². The molecule has 1 N–H and O–H groups in total. The predicted octanol–water partition coefficient (Wildman–Crippen LogP) is 3.52. The van der Waals surface area contributed by atoms with Gasteiger partial charge in [0.1, 0.15) is 6.10 Å². The van der Waals surface area contributed by atoms with Gasteiger partial charge in [0.2, 0.25) is 5.91 Å². The molecule has 0 aliphatic heterocycles. The van der Waals surface area contributed by atoms with Crippen molar-refractivity contribution in [1.82, 2.24) is 0 Å². The molecule has 2 rings (SSSR count). The monoisotopic (exact) mass is 275 g/mol. The minimum Gasteiger partial charge on any atom is -0.459 e. The molecule has 1 aliphatic carbocycles. The second kappa shape index (κ2) is 7.08. The summed E-state index contributed by atoms with van der Waals surface area (Å²) in [7, 11) is 0. The van der Waals surface area contributed by atoms with Gasteiger partial charge in [-0.15, -0.1) is 0 Å². The number of esters is 1. The van der Waals surface area contributed by atoms with E-state index in [-0.39, 0.29) is 18.0 Å². The maximum absolute atomic E-state index is 12.0. The molecule has 4 nitrogen and oxygen atoms in total.